The van der Waals surface area contributed by atoms with Crippen LogP contribution in [0.15, 0.2) is 30.7 Å². The van der Waals surface area contributed by atoms with Crippen LogP contribution in [0.2, 0.25) is 0 Å². The van der Waals surface area contributed by atoms with E-state index in [9.17, 15) is 4.79 Å². The van der Waals surface area contributed by atoms with Gasteiger partial charge in [0.05, 0.1) is 18.7 Å². The number of fused-ring (bicyclic) bond motifs is 1. The maximum Gasteiger partial charge on any atom is 0.190 e. The lowest BCUT2D eigenvalue weighted by atomic mass is 10.1. The lowest BCUT2D eigenvalue weighted by molar-refractivity contribution is 0.0987. The van der Waals surface area contributed by atoms with Gasteiger partial charge in [-0.3, -0.25) is 14.8 Å². The van der Waals surface area contributed by atoms with Crippen molar-refractivity contribution in [2.45, 2.75) is 32.2 Å². The van der Waals surface area contributed by atoms with Crippen LogP contribution in [0.1, 0.15) is 40.1 Å². The minimum absolute atomic E-state index is 0.0833. The van der Waals surface area contributed by atoms with Crippen LogP contribution in [0.25, 0.3) is 21.5 Å². The Hall–Kier alpha value is -3.11. The summed E-state index contributed by atoms with van der Waals surface area (Å²) in [5, 5.41) is 20.1. The average Bonchev–Trinajstić information content (AvgIpc) is 3.43. The van der Waals surface area contributed by atoms with E-state index in [2.05, 4.69) is 42.4 Å². The Morgan fingerprint density at radius 1 is 1.10 bits per heavy atom. The van der Waals surface area contributed by atoms with Crippen molar-refractivity contribution >= 4 is 27.9 Å². The number of aryl methyl sites for hydroxylation is 1. The minimum atomic E-state index is -0.0833. The third-order valence-corrected chi connectivity index (χ3v) is 6.47. The maximum atomic E-state index is 12.8. The fourth-order valence-electron chi connectivity index (χ4n) is 3.79. The number of carbonyl (C=O) groups is 1. The van der Waals surface area contributed by atoms with Crippen LogP contribution in [0, 0.1) is 6.92 Å². The standard InChI is InChI=1S/C21H22N8OS/c1-13-24-26-21(31-13)18-8-14-7-16(22-10-15(14)11-23-18)9-20(30)19-12-29(27-25-19)17-3-5-28(2)6-4-17/h7-8,10-12,17H,3-6,9H2,1-2H3. The van der Waals surface area contributed by atoms with Gasteiger partial charge >= 0.3 is 0 Å². The number of nitrogens with zero attached hydrogens (tertiary/aromatic N) is 8. The number of carbonyl (C=O) groups excluding carboxylic acids is 1. The van der Waals surface area contributed by atoms with Crippen molar-refractivity contribution in [2.24, 2.45) is 0 Å². The lowest BCUT2D eigenvalue weighted by Crippen LogP contribution is -2.31. The van der Waals surface area contributed by atoms with E-state index in [1.165, 1.54) is 11.3 Å². The second kappa shape index (κ2) is 8.20. The van der Waals surface area contributed by atoms with Gasteiger partial charge < -0.3 is 4.90 Å². The van der Waals surface area contributed by atoms with Crippen LogP contribution in [0.5, 0.6) is 0 Å². The van der Waals surface area contributed by atoms with Gasteiger partial charge in [0.2, 0.25) is 0 Å². The minimum Gasteiger partial charge on any atom is -0.306 e. The quantitative estimate of drug-likeness (QED) is 0.442. The summed E-state index contributed by atoms with van der Waals surface area (Å²) in [5.41, 5.74) is 1.85. The summed E-state index contributed by atoms with van der Waals surface area (Å²) in [6.45, 7) is 3.98. The van der Waals surface area contributed by atoms with Gasteiger partial charge in [-0.15, -0.1) is 15.3 Å². The highest BCUT2D eigenvalue weighted by Crippen LogP contribution is 2.25. The van der Waals surface area contributed by atoms with Crippen molar-refractivity contribution in [3.8, 4) is 10.7 Å². The summed E-state index contributed by atoms with van der Waals surface area (Å²) >= 11 is 1.50. The molecule has 4 aromatic rings. The molecule has 0 unspecified atom stereocenters. The number of pyridine rings is 2. The maximum absolute atomic E-state index is 12.8. The third kappa shape index (κ3) is 4.21. The van der Waals surface area contributed by atoms with Gasteiger partial charge in [-0.1, -0.05) is 16.6 Å². The molecule has 158 valence electrons. The molecule has 1 saturated heterocycles. The van der Waals surface area contributed by atoms with Crippen LogP contribution in [-0.4, -0.2) is 66.0 Å². The number of hydrogen-bond donors (Lipinski definition) is 0. The van der Waals surface area contributed by atoms with Gasteiger partial charge in [-0.2, -0.15) is 0 Å². The molecular formula is C21H22N8OS. The first-order chi connectivity index (χ1) is 15.0. The molecule has 0 bridgehead atoms. The molecule has 10 heteroatoms. The molecular weight excluding hydrogens is 412 g/mol. The Labute approximate surface area is 183 Å². The van der Waals surface area contributed by atoms with Crippen molar-refractivity contribution in [3.63, 3.8) is 0 Å². The Morgan fingerprint density at radius 2 is 1.90 bits per heavy atom. The zero-order chi connectivity index (χ0) is 21.4. The highest BCUT2D eigenvalue weighted by atomic mass is 32.1. The largest absolute Gasteiger partial charge is 0.306 e. The Morgan fingerprint density at radius 3 is 2.68 bits per heavy atom. The topological polar surface area (TPSA) is 103 Å². The number of piperidine rings is 1. The fourth-order valence-corrected chi connectivity index (χ4v) is 4.45. The molecule has 0 saturated carbocycles. The Kier molecular flexibility index (Phi) is 5.24. The molecule has 0 spiro atoms. The monoisotopic (exact) mass is 434 g/mol. The smallest absolute Gasteiger partial charge is 0.190 e. The van der Waals surface area contributed by atoms with Gasteiger partial charge in [-0.05, 0) is 57.4 Å². The number of hydrogen-bond acceptors (Lipinski definition) is 9. The number of rotatable bonds is 5. The first-order valence-electron chi connectivity index (χ1n) is 10.2. The zero-order valence-corrected chi connectivity index (χ0v) is 18.2. The highest BCUT2D eigenvalue weighted by Gasteiger charge is 2.21. The molecule has 0 radical (unpaired) electrons. The molecule has 1 aliphatic rings. The van der Waals surface area contributed by atoms with Gasteiger partial charge in [0.1, 0.15) is 16.4 Å². The molecule has 31 heavy (non-hydrogen) atoms. The van der Waals surface area contributed by atoms with Crippen molar-refractivity contribution in [3.05, 3.63) is 47.1 Å². The van der Waals surface area contributed by atoms with E-state index in [-0.39, 0.29) is 12.2 Å². The van der Waals surface area contributed by atoms with Crippen molar-refractivity contribution < 1.29 is 4.79 Å². The summed E-state index contributed by atoms with van der Waals surface area (Å²) in [5.74, 6) is -0.0833. The Balaban J connectivity index is 1.33. The van der Waals surface area contributed by atoms with Gasteiger partial charge in [0.25, 0.3) is 0 Å². The van der Waals surface area contributed by atoms with Crippen LogP contribution < -0.4 is 0 Å². The molecule has 0 atom stereocenters. The fraction of sp³-hybridized carbons (Fsp3) is 0.381. The van der Waals surface area contributed by atoms with E-state index in [4.69, 9.17) is 0 Å². The normalized spacial score (nSPS) is 15.5. The van der Waals surface area contributed by atoms with E-state index in [0.717, 1.165) is 52.4 Å². The van der Waals surface area contributed by atoms with Crippen LogP contribution in [0.4, 0.5) is 0 Å². The first-order valence-corrected chi connectivity index (χ1v) is 11.1. The van der Waals surface area contributed by atoms with E-state index < -0.39 is 0 Å². The molecule has 0 N–H and O–H groups in total. The van der Waals surface area contributed by atoms with Gasteiger partial charge in [-0.25, -0.2) is 4.68 Å². The molecule has 0 amide bonds. The van der Waals surface area contributed by atoms with Gasteiger partial charge in [0, 0.05) is 23.5 Å². The summed E-state index contributed by atoms with van der Waals surface area (Å²) in [7, 11) is 2.12. The van der Waals surface area contributed by atoms with Crippen LogP contribution in [0.3, 0.4) is 0 Å². The Bertz CT molecular complexity index is 1240. The van der Waals surface area contributed by atoms with E-state index in [1.807, 2.05) is 23.7 Å². The zero-order valence-electron chi connectivity index (χ0n) is 17.4. The van der Waals surface area contributed by atoms with Crippen molar-refractivity contribution in [2.75, 3.05) is 20.1 Å². The average molecular weight is 435 g/mol. The summed E-state index contributed by atoms with van der Waals surface area (Å²) < 4.78 is 1.84. The van der Waals surface area contributed by atoms with E-state index >= 15 is 0 Å². The highest BCUT2D eigenvalue weighted by molar-refractivity contribution is 7.14. The molecule has 4 aromatic heterocycles. The summed E-state index contributed by atoms with van der Waals surface area (Å²) in [4.78, 5) is 24.0. The number of Topliss-reactive ketones (excluding diaryl/α,β-unsaturated/α-hetero) is 1. The van der Waals surface area contributed by atoms with Crippen LogP contribution >= 0.6 is 11.3 Å². The SMILES string of the molecule is Cc1nnc(-c2cc3cc(CC(=O)c4cn(C5CCN(C)CC5)nn4)ncc3cn2)s1. The molecule has 0 aromatic carbocycles. The molecule has 1 fully saturated rings. The van der Waals surface area contributed by atoms with Crippen molar-refractivity contribution in [1.82, 2.24) is 40.1 Å². The molecule has 1 aliphatic heterocycles. The predicted molar refractivity (Wildman–Crippen MR) is 117 cm³/mol. The molecule has 5 heterocycles. The summed E-state index contributed by atoms with van der Waals surface area (Å²) in [6, 6.07) is 4.19. The van der Waals surface area contributed by atoms with Crippen molar-refractivity contribution in [1.29, 1.82) is 0 Å². The second-order valence-electron chi connectivity index (χ2n) is 7.94. The van der Waals surface area contributed by atoms with E-state index in [1.54, 1.807) is 18.6 Å². The number of aromatic nitrogens is 7. The van der Waals surface area contributed by atoms with Gasteiger partial charge in [0.15, 0.2) is 10.8 Å². The first kappa shape index (κ1) is 19.8. The van der Waals surface area contributed by atoms with Crippen LogP contribution in [-0.2, 0) is 6.42 Å². The van der Waals surface area contributed by atoms with E-state index in [0.29, 0.717) is 17.4 Å². The number of ketones is 1. The number of likely N-dealkylation sites (tertiary alicyclic amines) is 1. The lowest BCUT2D eigenvalue weighted by Gasteiger charge is -2.28. The predicted octanol–water partition coefficient (Wildman–Crippen LogP) is 2.74. The molecule has 0 aliphatic carbocycles. The second-order valence-corrected chi connectivity index (χ2v) is 9.12. The molecule has 9 nitrogen and oxygen atoms in total. The molecule has 5 rings (SSSR count). The third-order valence-electron chi connectivity index (χ3n) is 5.60. The summed E-state index contributed by atoms with van der Waals surface area (Å²) in [6.07, 6.45) is 7.51.